The van der Waals surface area contributed by atoms with Crippen molar-refractivity contribution in [3.05, 3.63) is 35.7 Å². The number of hydrogen-bond donors (Lipinski definition) is 1. The number of likely N-dealkylation sites (tertiary alicyclic amines) is 1. The van der Waals surface area contributed by atoms with E-state index in [2.05, 4.69) is 26.6 Å². The number of piperidine rings is 1. The fourth-order valence-corrected chi connectivity index (χ4v) is 3.46. The Balaban J connectivity index is 1.56. The quantitative estimate of drug-likeness (QED) is 0.785. The van der Waals surface area contributed by atoms with E-state index >= 15 is 0 Å². The molecule has 1 aliphatic rings. The van der Waals surface area contributed by atoms with Gasteiger partial charge in [-0.3, -0.25) is 9.69 Å². The van der Waals surface area contributed by atoms with Crippen LogP contribution < -0.4 is 14.8 Å². The third-order valence-electron chi connectivity index (χ3n) is 4.98. The van der Waals surface area contributed by atoms with Crippen molar-refractivity contribution in [2.45, 2.75) is 45.3 Å². The van der Waals surface area contributed by atoms with Crippen LogP contribution >= 0.6 is 0 Å². The van der Waals surface area contributed by atoms with Gasteiger partial charge in [0.15, 0.2) is 5.69 Å². The number of rotatable bonds is 7. The Morgan fingerprint density at radius 2 is 2.00 bits per heavy atom. The number of amides is 1. The van der Waals surface area contributed by atoms with Crippen LogP contribution in [0.4, 0.5) is 0 Å². The van der Waals surface area contributed by atoms with Gasteiger partial charge in [0.25, 0.3) is 5.91 Å². The van der Waals surface area contributed by atoms with Gasteiger partial charge in [0, 0.05) is 37.3 Å². The molecule has 8 heteroatoms. The summed E-state index contributed by atoms with van der Waals surface area (Å²) in [6.45, 7) is 6.59. The van der Waals surface area contributed by atoms with Crippen LogP contribution in [0.3, 0.4) is 0 Å². The number of ether oxygens (including phenoxy) is 2. The van der Waals surface area contributed by atoms with Crippen LogP contribution in [0.1, 0.15) is 48.8 Å². The topological polar surface area (TPSA) is 81.5 Å². The molecule has 3 rings (SSSR count). The molecule has 0 spiro atoms. The van der Waals surface area contributed by atoms with E-state index in [4.69, 9.17) is 9.47 Å². The Kier molecular flexibility index (Phi) is 6.51. The largest absolute Gasteiger partial charge is 0.497 e. The molecule has 1 aromatic heterocycles. The molecule has 1 saturated heterocycles. The maximum atomic E-state index is 12.1. The minimum absolute atomic E-state index is 0.0795. The summed E-state index contributed by atoms with van der Waals surface area (Å²) in [7, 11) is 3.34. The lowest BCUT2D eigenvalue weighted by Gasteiger charge is -2.32. The fourth-order valence-electron chi connectivity index (χ4n) is 3.46. The van der Waals surface area contributed by atoms with Crippen molar-refractivity contribution in [1.82, 2.24) is 25.2 Å². The molecular formula is C20H29N5O3. The van der Waals surface area contributed by atoms with Crippen molar-refractivity contribution in [2.24, 2.45) is 0 Å². The number of aromatic nitrogens is 3. The molecule has 0 aliphatic carbocycles. The molecule has 1 fully saturated rings. The van der Waals surface area contributed by atoms with Crippen molar-refractivity contribution in [1.29, 1.82) is 0 Å². The molecule has 1 aromatic carbocycles. The summed E-state index contributed by atoms with van der Waals surface area (Å²) in [5.74, 6) is 1.46. The molecular weight excluding hydrogens is 358 g/mol. The Morgan fingerprint density at radius 3 is 2.64 bits per heavy atom. The zero-order chi connectivity index (χ0) is 20.1. The van der Waals surface area contributed by atoms with Crippen LogP contribution in [-0.4, -0.2) is 59.2 Å². The highest BCUT2D eigenvalue weighted by molar-refractivity contribution is 5.91. The minimum Gasteiger partial charge on any atom is -0.497 e. The molecule has 1 N–H and O–H groups in total. The van der Waals surface area contributed by atoms with Gasteiger partial charge in [-0.05, 0) is 32.8 Å². The second kappa shape index (κ2) is 9.05. The number of carbonyl (C=O) groups is 1. The van der Waals surface area contributed by atoms with Gasteiger partial charge in [-0.1, -0.05) is 11.3 Å². The molecule has 0 unspecified atom stereocenters. The molecule has 0 saturated carbocycles. The number of nitrogens with zero attached hydrogens (tertiary/aromatic N) is 4. The van der Waals surface area contributed by atoms with Crippen molar-refractivity contribution in [3.8, 4) is 11.5 Å². The lowest BCUT2D eigenvalue weighted by atomic mass is 10.0. The van der Waals surface area contributed by atoms with Gasteiger partial charge < -0.3 is 14.8 Å². The van der Waals surface area contributed by atoms with Gasteiger partial charge in [-0.2, -0.15) is 0 Å². The number of carbonyl (C=O) groups excluding carboxylic acids is 1. The molecule has 0 atom stereocenters. The summed E-state index contributed by atoms with van der Waals surface area (Å²) in [6.07, 6.45) is 3.69. The summed E-state index contributed by atoms with van der Waals surface area (Å²) >= 11 is 0. The van der Waals surface area contributed by atoms with Crippen molar-refractivity contribution >= 4 is 5.91 Å². The standard InChI is InChI=1S/C20H29N5O3/c1-14(2)21-20(26)18-13-25(23-22-18)16-7-9-24(10-8-16)12-15-5-6-17(27-3)11-19(15)28-4/h5-6,11,13-14,16H,7-10,12H2,1-4H3,(H,21,26). The van der Waals surface area contributed by atoms with E-state index in [-0.39, 0.29) is 18.0 Å². The molecule has 28 heavy (non-hydrogen) atoms. The second-order valence-corrected chi connectivity index (χ2v) is 7.40. The molecule has 1 aliphatic heterocycles. The molecule has 1 amide bonds. The third kappa shape index (κ3) is 4.81. The summed E-state index contributed by atoms with van der Waals surface area (Å²) in [5.41, 5.74) is 1.52. The molecule has 0 radical (unpaired) electrons. The zero-order valence-electron chi connectivity index (χ0n) is 17.0. The van der Waals surface area contributed by atoms with E-state index in [1.54, 1.807) is 20.4 Å². The molecule has 152 valence electrons. The van der Waals surface area contributed by atoms with Gasteiger partial charge in [-0.15, -0.1) is 5.10 Å². The normalized spacial score (nSPS) is 15.6. The predicted octanol–water partition coefficient (Wildman–Crippen LogP) is 2.27. The first-order chi connectivity index (χ1) is 13.5. The molecule has 2 heterocycles. The van der Waals surface area contributed by atoms with Crippen molar-refractivity contribution < 1.29 is 14.3 Å². The van der Waals surface area contributed by atoms with E-state index in [0.29, 0.717) is 5.69 Å². The number of methoxy groups -OCH3 is 2. The Bertz CT molecular complexity index is 797. The van der Waals surface area contributed by atoms with Gasteiger partial charge in [0.1, 0.15) is 11.5 Å². The predicted molar refractivity (Wildman–Crippen MR) is 106 cm³/mol. The summed E-state index contributed by atoms with van der Waals surface area (Å²) < 4.78 is 12.6. The summed E-state index contributed by atoms with van der Waals surface area (Å²) in [4.78, 5) is 14.5. The maximum absolute atomic E-state index is 12.1. The summed E-state index contributed by atoms with van der Waals surface area (Å²) in [6, 6.07) is 6.28. The fraction of sp³-hybridized carbons (Fsp3) is 0.550. The van der Waals surface area contributed by atoms with Crippen LogP contribution in [0.5, 0.6) is 11.5 Å². The molecule has 2 aromatic rings. The lowest BCUT2D eigenvalue weighted by Crippen LogP contribution is -2.34. The van der Waals surface area contributed by atoms with E-state index < -0.39 is 0 Å². The van der Waals surface area contributed by atoms with Crippen LogP contribution in [0.2, 0.25) is 0 Å². The van der Waals surface area contributed by atoms with Gasteiger partial charge >= 0.3 is 0 Å². The lowest BCUT2D eigenvalue weighted by molar-refractivity contribution is 0.0938. The smallest absolute Gasteiger partial charge is 0.273 e. The van der Waals surface area contributed by atoms with Gasteiger partial charge in [-0.25, -0.2) is 4.68 Å². The van der Waals surface area contributed by atoms with Crippen LogP contribution in [-0.2, 0) is 6.54 Å². The highest BCUT2D eigenvalue weighted by Gasteiger charge is 2.23. The Labute approximate surface area is 165 Å². The summed E-state index contributed by atoms with van der Waals surface area (Å²) in [5, 5.41) is 11.1. The SMILES string of the molecule is COc1ccc(CN2CCC(n3cc(C(=O)NC(C)C)nn3)CC2)c(OC)c1. The van der Waals surface area contributed by atoms with Crippen molar-refractivity contribution in [3.63, 3.8) is 0 Å². The van der Waals surface area contributed by atoms with Gasteiger partial charge in [0.05, 0.1) is 26.5 Å². The third-order valence-corrected chi connectivity index (χ3v) is 4.98. The Hall–Kier alpha value is -2.61. The van der Waals surface area contributed by atoms with Crippen LogP contribution in [0.15, 0.2) is 24.4 Å². The van der Waals surface area contributed by atoms with Crippen LogP contribution in [0, 0.1) is 0 Å². The highest BCUT2D eigenvalue weighted by Crippen LogP contribution is 2.28. The average Bonchev–Trinajstić information content (AvgIpc) is 3.19. The number of hydrogen-bond acceptors (Lipinski definition) is 6. The first-order valence-electron chi connectivity index (χ1n) is 9.66. The van der Waals surface area contributed by atoms with E-state index in [1.165, 1.54) is 0 Å². The first-order valence-corrected chi connectivity index (χ1v) is 9.66. The molecule has 8 nitrogen and oxygen atoms in total. The maximum Gasteiger partial charge on any atom is 0.273 e. The first kappa shape index (κ1) is 20.1. The minimum atomic E-state index is -0.176. The average molecular weight is 387 g/mol. The number of nitrogens with one attached hydrogen (secondary N) is 1. The molecule has 0 bridgehead atoms. The zero-order valence-corrected chi connectivity index (χ0v) is 17.0. The van der Waals surface area contributed by atoms with Crippen molar-refractivity contribution in [2.75, 3.05) is 27.3 Å². The van der Waals surface area contributed by atoms with E-state index in [9.17, 15) is 4.79 Å². The van der Waals surface area contributed by atoms with E-state index in [1.807, 2.05) is 30.7 Å². The second-order valence-electron chi connectivity index (χ2n) is 7.40. The highest BCUT2D eigenvalue weighted by atomic mass is 16.5. The number of benzene rings is 1. The Morgan fingerprint density at radius 1 is 1.25 bits per heavy atom. The monoisotopic (exact) mass is 387 g/mol. The van der Waals surface area contributed by atoms with Gasteiger partial charge in [0.2, 0.25) is 0 Å². The van der Waals surface area contributed by atoms with E-state index in [0.717, 1.165) is 49.5 Å². The van der Waals surface area contributed by atoms with Crippen LogP contribution in [0.25, 0.3) is 0 Å².